The number of rotatable bonds is 8. The summed E-state index contributed by atoms with van der Waals surface area (Å²) in [5.74, 6) is -1.74. The highest BCUT2D eigenvalue weighted by molar-refractivity contribution is 5.97. The highest BCUT2D eigenvalue weighted by Gasteiger charge is 2.30. The van der Waals surface area contributed by atoms with Gasteiger partial charge in [-0.25, -0.2) is 4.79 Å². The van der Waals surface area contributed by atoms with Crippen LogP contribution in [0, 0.1) is 5.92 Å². The van der Waals surface area contributed by atoms with Crippen molar-refractivity contribution < 1.29 is 24.2 Å². The van der Waals surface area contributed by atoms with E-state index >= 15 is 0 Å². The van der Waals surface area contributed by atoms with Crippen LogP contribution in [-0.2, 0) is 20.7 Å². The van der Waals surface area contributed by atoms with E-state index in [2.05, 4.69) is 22.8 Å². The van der Waals surface area contributed by atoms with Crippen LogP contribution in [0.2, 0.25) is 0 Å². The number of fused-ring (bicyclic) bond motifs is 3. The first kappa shape index (κ1) is 24.0. The number of ether oxygens (including phenoxy) is 1. The molecule has 0 saturated carbocycles. The lowest BCUT2D eigenvalue weighted by Gasteiger charge is -2.23. The fourth-order valence-electron chi connectivity index (χ4n) is 4.47. The van der Waals surface area contributed by atoms with Gasteiger partial charge in [0.05, 0.1) is 6.42 Å². The van der Waals surface area contributed by atoms with Gasteiger partial charge in [-0.05, 0) is 39.8 Å². The first-order chi connectivity index (χ1) is 16.8. The van der Waals surface area contributed by atoms with E-state index in [0.29, 0.717) is 11.3 Å². The third-order valence-corrected chi connectivity index (χ3v) is 6.18. The summed E-state index contributed by atoms with van der Waals surface area (Å²) in [4.78, 5) is 36.8. The second kappa shape index (κ2) is 10.4. The molecule has 0 unspecified atom stereocenters. The van der Waals surface area contributed by atoms with Crippen LogP contribution in [0.15, 0.2) is 72.8 Å². The molecule has 180 valence electrons. The fraction of sp³-hybridized carbons (Fsp3) is 0.250. The first-order valence-corrected chi connectivity index (χ1v) is 11.6. The van der Waals surface area contributed by atoms with Gasteiger partial charge in [0.2, 0.25) is 5.91 Å². The number of carbonyl (C=O) groups excluding carboxylic acids is 2. The summed E-state index contributed by atoms with van der Waals surface area (Å²) < 4.78 is 5.59. The molecule has 1 aliphatic carbocycles. The lowest BCUT2D eigenvalue weighted by molar-refractivity contribution is -0.136. The number of carbonyl (C=O) groups is 3. The van der Waals surface area contributed by atoms with E-state index in [9.17, 15) is 14.4 Å². The number of nitrogens with one attached hydrogen (secondary N) is 2. The average molecular weight is 473 g/mol. The van der Waals surface area contributed by atoms with Crippen LogP contribution in [0.3, 0.4) is 0 Å². The molecule has 4 rings (SSSR count). The maximum atomic E-state index is 13.0. The lowest BCUT2D eigenvalue weighted by atomic mass is 9.98. The Balaban J connectivity index is 1.42. The number of hydrogen-bond acceptors (Lipinski definition) is 4. The molecule has 7 nitrogen and oxygen atoms in total. The van der Waals surface area contributed by atoms with E-state index in [1.54, 1.807) is 24.3 Å². The molecule has 0 aromatic heterocycles. The molecule has 0 heterocycles. The normalized spacial score (nSPS) is 13.0. The van der Waals surface area contributed by atoms with Gasteiger partial charge in [-0.15, -0.1) is 0 Å². The second-order valence-electron chi connectivity index (χ2n) is 8.91. The molecule has 3 aromatic rings. The van der Waals surface area contributed by atoms with E-state index < -0.39 is 24.0 Å². The Morgan fingerprint density at radius 3 is 2.06 bits per heavy atom. The standard InChI is InChI=1S/C28H28N2O5/c1-17(2)26(27(33)29-24-14-8-3-9-18(24)15-25(31)32)30-28(34)35-16-23-21-12-6-4-10-19(21)20-11-5-7-13-22(20)23/h3-14,17,23,26H,15-16H2,1-2H3,(H,29,33)(H,30,34)(H,31,32)/t26-/m0/s1. The Bertz CT molecular complexity index is 1210. The predicted molar refractivity (Wildman–Crippen MR) is 133 cm³/mol. The Labute approximate surface area is 204 Å². The molecule has 1 aliphatic rings. The van der Waals surface area contributed by atoms with Crippen molar-refractivity contribution in [1.82, 2.24) is 5.32 Å². The molecule has 2 amide bonds. The van der Waals surface area contributed by atoms with Crippen molar-refractivity contribution in [2.24, 2.45) is 5.92 Å². The average Bonchev–Trinajstić information content (AvgIpc) is 3.15. The minimum atomic E-state index is -0.996. The molecular weight excluding hydrogens is 444 g/mol. The van der Waals surface area contributed by atoms with Gasteiger partial charge in [0.25, 0.3) is 0 Å². The summed E-state index contributed by atoms with van der Waals surface area (Å²) in [6, 6.07) is 22.0. The monoisotopic (exact) mass is 472 g/mol. The molecule has 0 radical (unpaired) electrons. The summed E-state index contributed by atoms with van der Waals surface area (Å²) in [6.45, 7) is 3.78. The molecular formula is C28H28N2O5. The number of anilines is 1. The number of alkyl carbamates (subject to hydrolysis) is 1. The van der Waals surface area contributed by atoms with Gasteiger partial charge in [0, 0.05) is 11.6 Å². The van der Waals surface area contributed by atoms with Crippen molar-refractivity contribution in [1.29, 1.82) is 0 Å². The van der Waals surface area contributed by atoms with Crippen molar-refractivity contribution in [2.45, 2.75) is 32.2 Å². The van der Waals surface area contributed by atoms with Crippen LogP contribution in [0.5, 0.6) is 0 Å². The molecule has 0 aliphatic heterocycles. The zero-order chi connectivity index (χ0) is 24.9. The van der Waals surface area contributed by atoms with Crippen LogP contribution in [0.4, 0.5) is 10.5 Å². The Morgan fingerprint density at radius 2 is 1.46 bits per heavy atom. The highest BCUT2D eigenvalue weighted by Crippen LogP contribution is 2.44. The first-order valence-electron chi connectivity index (χ1n) is 11.6. The Hall–Kier alpha value is -4.13. The van der Waals surface area contributed by atoms with Crippen molar-refractivity contribution in [3.8, 4) is 11.1 Å². The van der Waals surface area contributed by atoms with E-state index in [1.165, 1.54) is 0 Å². The van der Waals surface area contributed by atoms with Crippen LogP contribution in [0.1, 0.15) is 36.5 Å². The summed E-state index contributed by atoms with van der Waals surface area (Å²) in [5, 5.41) is 14.6. The third-order valence-electron chi connectivity index (χ3n) is 6.18. The molecule has 0 bridgehead atoms. The minimum absolute atomic E-state index is 0.0811. The molecule has 0 saturated heterocycles. The number of aliphatic carboxylic acids is 1. The maximum Gasteiger partial charge on any atom is 0.407 e. The maximum absolute atomic E-state index is 13.0. The summed E-state index contributed by atoms with van der Waals surface area (Å²) >= 11 is 0. The van der Waals surface area contributed by atoms with Gasteiger partial charge >= 0.3 is 12.1 Å². The van der Waals surface area contributed by atoms with E-state index in [-0.39, 0.29) is 24.9 Å². The summed E-state index contributed by atoms with van der Waals surface area (Å²) in [5.41, 5.74) is 5.37. The molecule has 35 heavy (non-hydrogen) atoms. The van der Waals surface area contributed by atoms with E-state index in [0.717, 1.165) is 22.3 Å². The van der Waals surface area contributed by atoms with E-state index in [4.69, 9.17) is 9.84 Å². The zero-order valence-corrected chi connectivity index (χ0v) is 19.7. The van der Waals surface area contributed by atoms with Crippen molar-refractivity contribution in [3.63, 3.8) is 0 Å². The molecule has 1 atom stereocenters. The number of carboxylic acid groups (broad SMARTS) is 1. The molecule has 3 N–H and O–H groups in total. The number of hydrogen-bond donors (Lipinski definition) is 3. The highest BCUT2D eigenvalue weighted by atomic mass is 16.5. The third kappa shape index (κ3) is 5.35. The van der Waals surface area contributed by atoms with E-state index in [1.807, 2.05) is 50.2 Å². The quantitative estimate of drug-likeness (QED) is 0.436. The Morgan fingerprint density at radius 1 is 0.886 bits per heavy atom. The van der Waals surface area contributed by atoms with Crippen LogP contribution < -0.4 is 10.6 Å². The fourth-order valence-corrected chi connectivity index (χ4v) is 4.47. The van der Waals surface area contributed by atoms with Crippen LogP contribution >= 0.6 is 0 Å². The molecule has 0 fully saturated rings. The van der Waals surface area contributed by atoms with Crippen molar-refractivity contribution >= 4 is 23.7 Å². The van der Waals surface area contributed by atoms with Gasteiger partial charge in [0.15, 0.2) is 0 Å². The van der Waals surface area contributed by atoms with Crippen molar-refractivity contribution in [3.05, 3.63) is 89.5 Å². The molecule has 0 spiro atoms. The number of para-hydroxylation sites is 1. The summed E-state index contributed by atoms with van der Waals surface area (Å²) in [7, 11) is 0. The van der Waals surface area contributed by atoms with Gasteiger partial charge in [-0.2, -0.15) is 0 Å². The van der Waals surface area contributed by atoms with Crippen molar-refractivity contribution in [2.75, 3.05) is 11.9 Å². The smallest absolute Gasteiger partial charge is 0.407 e. The molecule has 3 aromatic carbocycles. The topological polar surface area (TPSA) is 105 Å². The molecule has 7 heteroatoms. The SMILES string of the molecule is CC(C)[C@H](NC(=O)OCC1c2ccccc2-c2ccccc21)C(=O)Nc1ccccc1CC(=O)O. The summed E-state index contributed by atoms with van der Waals surface area (Å²) in [6.07, 6.45) is -0.901. The van der Waals surface area contributed by atoms with Gasteiger partial charge < -0.3 is 20.5 Å². The minimum Gasteiger partial charge on any atom is -0.481 e. The predicted octanol–water partition coefficient (Wildman–Crippen LogP) is 4.82. The zero-order valence-electron chi connectivity index (χ0n) is 19.7. The van der Waals surface area contributed by atoms with Gasteiger partial charge in [-0.1, -0.05) is 80.6 Å². The number of carboxylic acids is 1. The van der Waals surface area contributed by atoms with Crippen LogP contribution in [0.25, 0.3) is 11.1 Å². The van der Waals surface area contributed by atoms with Gasteiger partial charge in [0.1, 0.15) is 12.6 Å². The lowest BCUT2D eigenvalue weighted by Crippen LogP contribution is -2.47. The number of amides is 2. The van der Waals surface area contributed by atoms with Gasteiger partial charge in [-0.3, -0.25) is 9.59 Å². The Kier molecular flexibility index (Phi) is 7.15. The van der Waals surface area contributed by atoms with Crippen LogP contribution in [-0.4, -0.2) is 35.7 Å². The second-order valence-corrected chi connectivity index (χ2v) is 8.91. The number of benzene rings is 3. The largest absolute Gasteiger partial charge is 0.481 e.